The van der Waals surface area contributed by atoms with E-state index in [1.54, 1.807) is 4.90 Å². The molecule has 2 heterocycles. The predicted molar refractivity (Wildman–Crippen MR) is 98.1 cm³/mol. The number of hydrogen-bond donors (Lipinski definition) is 1. The molecule has 0 spiro atoms. The Morgan fingerprint density at radius 2 is 1.77 bits per heavy atom. The first-order chi connectivity index (χ1) is 12.6. The number of esters is 1. The number of anilines is 2. The molecular weight excluding hydrogens is 334 g/mol. The third-order valence-corrected chi connectivity index (χ3v) is 4.96. The highest BCUT2D eigenvalue weighted by molar-refractivity contribution is 6.05. The lowest BCUT2D eigenvalue weighted by Crippen LogP contribution is -2.49. The minimum absolute atomic E-state index is 0.103. The van der Waals surface area contributed by atoms with Crippen molar-refractivity contribution in [1.82, 2.24) is 5.32 Å². The van der Waals surface area contributed by atoms with Crippen molar-refractivity contribution >= 4 is 29.3 Å². The average Bonchev–Trinajstić information content (AvgIpc) is 2.63. The van der Waals surface area contributed by atoms with E-state index in [2.05, 4.69) is 10.2 Å². The van der Waals surface area contributed by atoms with Crippen molar-refractivity contribution in [2.24, 2.45) is 5.92 Å². The Morgan fingerprint density at radius 3 is 2.38 bits per heavy atom. The van der Waals surface area contributed by atoms with E-state index in [4.69, 9.17) is 4.74 Å². The molecule has 0 aromatic heterocycles. The largest absolute Gasteiger partial charge is 0.466 e. The van der Waals surface area contributed by atoms with Crippen LogP contribution in [0.3, 0.4) is 0 Å². The molecule has 7 nitrogen and oxygen atoms in total. The Morgan fingerprint density at radius 1 is 1.12 bits per heavy atom. The highest BCUT2D eigenvalue weighted by Crippen LogP contribution is 2.27. The van der Waals surface area contributed by atoms with Crippen molar-refractivity contribution in [2.75, 3.05) is 36.0 Å². The smallest absolute Gasteiger partial charge is 0.328 e. The van der Waals surface area contributed by atoms with E-state index in [0.29, 0.717) is 31.9 Å². The average molecular weight is 359 g/mol. The number of piperidine rings is 1. The van der Waals surface area contributed by atoms with Gasteiger partial charge in [0.1, 0.15) is 0 Å². The van der Waals surface area contributed by atoms with E-state index in [1.165, 1.54) is 0 Å². The zero-order chi connectivity index (χ0) is 18.5. The molecule has 7 heteroatoms. The van der Waals surface area contributed by atoms with Crippen molar-refractivity contribution in [3.05, 3.63) is 24.3 Å². The van der Waals surface area contributed by atoms with Gasteiger partial charge in [-0.2, -0.15) is 0 Å². The van der Waals surface area contributed by atoms with Gasteiger partial charge in [0.25, 0.3) is 0 Å². The lowest BCUT2D eigenvalue weighted by atomic mass is 9.93. The first-order valence-electron chi connectivity index (χ1n) is 9.19. The topological polar surface area (TPSA) is 79.0 Å². The Hall–Kier alpha value is -2.57. The summed E-state index contributed by atoms with van der Waals surface area (Å²) in [6.07, 6.45) is 2.76. The normalized spacial score (nSPS) is 18.7. The summed E-state index contributed by atoms with van der Waals surface area (Å²) < 4.78 is 5.03. The Labute approximate surface area is 153 Å². The van der Waals surface area contributed by atoms with E-state index >= 15 is 0 Å². The molecule has 3 rings (SSSR count). The van der Waals surface area contributed by atoms with Gasteiger partial charge in [0, 0.05) is 43.9 Å². The van der Waals surface area contributed by atoms with Gasteiger partial charge in [-0.15, -0.1) is 0 Å². The third kappa shape index (κ3) is 4.33. The third-order valence-electron chi connectivity index (χ3n) is 4.96. The summed E-state index contributed by atoms with van der Waals surface area (Å²) in [5, 5.41) is 2.34. The Bertz CT molecular complexity index is 666. The van der Waals surface area contributed by atoms with Crippen LogP contribution < -0.4 is 15.1 Å². The first kappa shape index (κ1) is 18.2. The molecule has 2 fully saturated rings. The number of hydrogen-bond acceptors (Lipinski definition) is 5. The summed E-state index contributed by atoms with van der Waals surface area (Å²) in [5.41, 5.74) is 1.90. The van der Waals surface area contributed by atoms with E-state index in [9.17, 15) is 14.4 Å². The molecule has 0 saturated carbocycles. The Kier molecular flexibility index (Phi) is 5.75. The van der Waals surface area contributed by atoms with Crippen LogP contribution in [0, 0.1) is 5.92 Å². The van der Waals surface area contributed by atoms with Gasteiger partial charge in [-0.1, -0.05) is 0 Å². The molecule has 2 aliphatic rings. The van der Waals surface area contributed by atoms with Crippen LogP contribution in [0.4, 0.5) is 16.2 Å². The van der Waals surface area contributed by atoms with Crippen LogP contribution in [0.25, 0.3) is 0 Å². The predicted octanol–water partition coefficient (Wildman–Crippen LogP) is 2.30. The SMILES string of the molecule is CCOC(=O)CC1CCN(c2ccc(N3CCC(=O)NC3=O)cc2)CC1. The van der Waals surface area contributed by atoms with E-state index in [0.717, 1.165) is 37.3 Å². The van der Waals surface area contributed by atoms with Crippen molar-refractivity contribution in [3.8, 4) is 0 Å². The standard InChI is InChI=1S/C19H25N3O4/c1-2-26-18(24)13-14-7-10-21(11-8-14)15-3-5-16(6-4-15)22-12-9-17(23)20-19(22)25/h3-6,14H,2,7-13H2,1H3,(H,20,23,25). The molecule has 1 aromatic carbocycles. The summed E-state index contributed by atoms with van der Waals surface area (Å²) in [7, 11) is 0. The summed E-state index contributed by atoms with van der Waals surface area (Å²) in [6, 6.07) is 7.47. The fourth-order valence-corrected chi connectivity index (χ4v) is 3.50. The van der Waals surface area contributed by atoms with Crippen molar-refractivity contribution < 1.29 is 19.1 Å². The van der Waals surface area contributed by atoms with Crippen molar-refractivity contribution in [1.29, 1.82) is 0 Å². The van der Waals surface area contributed by atoms with Crippen molar-refractivity contribution in [2.45, 2.75) is 32.6 Å². The van der Waals surface area contributed by atoms with Gasteiger partial charge < -0.3 is 9.64 Å². The highest BCUT2D eigenvalue weighted by atomic mass is 16.5. The lowest BCUT2D eigenvalue weighted by Gasteiger charge is -2.33. The molecule has 2 saturated heterocycles. The van der Waals surface area contributed by atoms with Gasteiger partial charge in [-0.05, 0) is 49.9 Å². The molecule has 140 valence electrons. The van der Waals surface area contributed by atoms with E-state index in [1.807, 2.05) is 31.2 Å². The molecule has 26 heavy (non-hydrogen) atoms. The van der Waals surface area contributed by atoms with Crippen LogP contribution >= 0.6 is 0 Å². The number of nitrogens with zero attached hydrogens (tertiary/aromatic N) is 2. The second-order valence-corrected chi connectivity index (χ2v) is 6.71. The molecule has 2 aliphatic heterocycles. The maximum Gasteiger partial charge on any atom is 0.328 e. The molecule has 1 N–H and O–H groups in total. The Balaban J connectivity index is 1.54. The molecular formula is C19H25N3O4. The number of nitrogens with one attached hydrogen (secondary N) is 1. The minimum atomic E-state index is -0.367. The number of carbonyl (C=O) groups excluding carboxylic acids is 3. The minimum Gasteiger partial charge on any atom is -0.466 e. The zero-order valence-corrected chi connectivity index (χ0v) is 15.1. The van der Waals surface area contributed by atoms with Crippen LogP contribution in [-0.2, 0) is 14.3 Å². The van der Waals surface area contributed by atoms with Crippen LogP contribution in [0.2, 0.25) is 0 Å². The number of imide groups is 1. The van der Waals surface area contributed by atoms with Gasteiger partial charge in [0.15, 0.2) is 0 Å². The maximum absolute atomic E-state index is 11.9. The van der Waals surface area contributed by atoms with Crippen LogP contribution in [0.5, 0.6) is 0 Å². The number of rotatable bonds is 5. The number of benzene rings is 1. The quantitative estimate of drug-likeness (QED) is 0.816. The van der Waals surface area contributed by atoms with Crippen LogP contribution in [0.15, 0.2) is 24.3 Å². The van der Waals surface area contributed by atoms with Gasteiger partial charge in [-0.25, -0.2) is 4.79 Å². The van der Waals surface area contributed by atoms with E-state index < -0.39 is 0 Å². The molecule has 3 amide bonds. The van der Waals surface area contributed by atoms with Crippen LogP contribution in [0.1, 0.15) is 32.6 Å². The van der Waals surface area contributed by atoms with Gasteiger partial charge in [-0.3, -0.25) is 19.8 Å². The monoisotopic (exact) mass is 359 g/mol. The summed E-state index contributed by atoms with van der Waals surface area (Å²) in [5.74, 6) is 0.0568. The molecule has 0 aliphatic carbocycles. The van der Waals surface area contributed by atoms with Crippen molar-refractivity contribution in [3.63, 3.8) is 0 Å². The number of carbonyl (C=O) groups is 3. The lowest BCUT2D eigenvalue weighted by molar-refractivity contribution is -0.144. The van der Waals surface area contributed by atoms with Crippen LogP contribution in [-0.4, -0.2) is 44.1 Å². The zero-order valence-electron chi connectivity index (χ0n) is 15.1. The number of urea groups is 1. The first-order valence-corrected chi connectivity index (χ1v) is 9.19. The highest BCUT2D eigenvalue weighted by Gasteiger charge is 2.25. The number of amides is 3. The molecule has 0 radical (unpaired) electrons. The molecule has 1 aromatic rings. The molecule has 0 unspecified atom stereocenters. The van der Waals surface area contributed by atoms with Gasteiger partial charge in [0.05, 0.1) is 6.61 Å². The molecule has 0 bridgehead atoms. The fourth-order valence-electron chi connectivity index (χ4n) is 3.50. The summed E-state index contributed by atoms with van der Waals surface area (Å²) in [4.78, 5) is 38.6. The maximum atomic E-state index is 11.9. The second-order valence-electron chi connectivity index (χ2n) is 6.71. The fraction of sp³-hybridized carbons (Fsp3) is 0.526. The summed E-state index contributed by atoms with van der Waals surface area (Å²) in [6.45, 7) is 4.48. The summed E-state index contributed by atoms with van der Waals surface area (Å²) >= 11 is 0. The number of ether oxygens (including phenoxy) is 1. The van der Waals surface area contributed by atoms with E-state index in [-0.39, 0.29) is 17.9 Å². The van der Waals surface area contributed by atoms with Gasteiger partial charge in [0.2, 0.25) is 5.91 Å². The van der Waals surface area contributed by atoms with Gasteiger partial charge >= 0.3 is 12.0 Å². The molecule has 0 atom stereocenters. The second kappa shape index (κ2) is 8.21.